The minimum atomic E-state index is -0.504. The largest absolute Gasteiger partial charge is 0.490 e. The van der Waals surface area contributed by atoms with Gasteiger partial charge in [-0.1, -0.05) is 48.0 Å². The van der Waals surface area contributed by atoms with Crippen molar-refractivity contribution in [2.75, 3.05) is 11.9 Å². The van der Waals surface area contributed by atoms with E-state index in [1.165, 1.54) is 12.3 Å². The smallest absolute Gasteiger partial charge is 0.343 e. The van der Waals surface area contributed by atoms with Gasteiger partial charge in [0.15, 0.2) is 11.5 Å². The van der Waals surface area contributed by atoms with Gasteiger partial charge in [-0.15, -0.1) is 0 Å². The Morgan fingerprint density at radius 2 is 1.56 bits per heavy atom. The third kappa shape index (κ3) is 7.30. The van der Waals surface area contributed by atoms with Crippen molar-refractivity contribution in [3.63, 3.8) is 0 Å². The summed E-state index contributed by atoms with van der Waals surface area (Å²) in [6, 6.07) is 26.7. The van der Waals surface area contributed by atoms with E-state index in [-0.39, 0.29) is 11.7 Å². The Morgan fingerprint density at radius 3 is 2.33 bits per heavy atom. The molecule has 0 saturated carbocycles. The summed E-state index contributed by atoms with van der Waals surface area (Å²) in [5, 5.41) is 7.07. The topological polar surface area (TPSA) is 106 Å². The van der Waals surface area contributed by atoms with Crippen LogP contribution in [0.3, 0.4) is 0 Å². The first kappa shape index (κ1) is 27.1. The Balaban J connectivity index is 1.40. The molecule has 39 heavy (non-hydrogen) atoms. The molecule has 0 aromatic heterocycles. The molecule has 0 aliphatic heterocycles. The summed E-state index contributed by atoms with van der Waals surface area (Å²) in [7, 11) is 0. The van der Waals surface area contributed by atoms with E-state index in [2.05, 4.69) is 15.8 Å². The molecule has 2 amide bonds. The molecule has 0 heterocycles. The molecule has 0 fully saturated rings. The molecule has 0 spiro atoms. The predicted octanol–water partition coefficient (Wildman–Crippen LogP) is 5.97. The van der Waals surface area contributed by atoms with Crippen molar-refractivity contribution in [2.24, 2.45) is 5.10 Å². The first-order valence-electron chi connectivity index (χ1n) is 12.0. The van der Waals surface area contributed by atoms with Gasteiger partial charge in [0.25, 0.3) is 11.8 Å². The standard InChI is InChI=1S/C30H24ClN3O5/c1-2-38-27-17-20(15-16-26(27)39-30(37)21-9-4-3-5-10-21)19-32-34-28(35)22-11-8-12-23(18-22)33-29(36)24-13-6-7-14-25(24)31/h3-19H,2H2,1H3,(H,33,36)(H,34,35). The number of carbonyl (C=O) groups excluding carboxylic acids is 3. The Morgan fingerprint density at radius 1 is 0.821 bits per heavy atom. The molecular formula is C30H24ClN3O5. The number of anilines is 1. The Labute approximate surface area is 230 Å². The minimum Gasteiger partial charge on any atom is -0.490 e. The highest BCUT2D eigenvalue weighted by Crippen LogP contribution is 2.29. The van der Waals surface area contributed by atoms with Gasteiger partial charge in [0.05, 0.1) is 29.0 Å². The number of hydrazone groups is 1. The van der Waals surface area contributed by atoms with Crippen molar-refractivity contribution < 1.29 is 23.9 Å². The highest BCUT2D eigenvalue weighted by molar-refractivity contribution is 6.34. The van der Waals surface area contributed by atoms with E-state index >= 15 is 0 Å². The number of esters is 1. The summed E-state index contributed by atoms with van der Waals surface area (Å²) < 4.78 is 11.1. The fourth-order valence-corrected chi connectivity index (χ4v) is 3.72. The van der Waals surface area contributed by atoms with Gasteiger partial charge >= 0.3 is 5.97 Å². The zero-order chi connectivity index (χ0) is 27.6. The zero-order valence-corrected chi connectivity index (χ0v) is 21.6. The summed E-state index contributed by atoms with van der Waals surface area (Å²) in [6.07, 6.45) is 1.44. The molecule has 0 aliphatic rings. The van der Waals surface area contributed by atoms with E-state index in [0.29, 0.717) is 45.3 Å². The van der Waals surface area contributed by atoms with Crippen LogP contribution in [0.25, 0.3) is 0 Å². The lowest BCUT2D eigenvalue weighted by atomic mass is 10.1. The number of carbonyl (C=O) groups is 3. The predicted molar refractivity (Wildman–Crippen MR) is 150 cm³/mol. The Hall–Kier alpha value is -4.95. The summed E-state index contributed by atoms with van der Waals surface area (Å²) in [5.74, 6) is -0.741. The Bertz CT molecular complexity index is 1520. The van der Waals surface area contributed by atoms with Gasteiger partial charge in [-0.3, -0.25) is 9.59 Å². The van der Waals surface area contributed by atoms with Gasteiger partial charge in [-0.2, -0.15) is 5.10 Å². The number of hydrogen-bond acceptors (Lipinski definition) is 6. The van der Waals surface area contributed by atoms with Gasteiger partial charge in [-0.05, 0) is 73.2 Å². The molecule has 0 aliphatic carbocycles. The lowest BCUT2D eigenvalue weighted by Gasteiger charge is -2.11. The molecule has 4 aromatic rings. The molecule has 196 valence electrons. The van der Waals surface area contributed by atoms with Crippen LogP contribution in [0.2, 0.25) is 5.02 Å². The van der Waals surface area contributed by atoms with Gasteiger partial charge < -0.3 is 14.8 Å². The molecule has 0 bridgehead atoms. The van der Waals surface area contributed by atoms with E-state index in [9.17, 15) is 14.4 Å². The second-order valence-electron chi connectivity index (χ2n) is 8.11. The van der Waals surface area contributed by atoms with Crippen molar-refractivity contribution in [1.82, 2.24) is 5.43 Å². The van der Waals surface area contributed by atoms with Gasteiger partial charge in [-0.25, -0.2) is 10.2 Å². The summed E-state index contributed by atoms with van der Waals surface area (Å²) >= 11 is 6.09. The normalized spacial score (nSPS) is 10.6. The van der Waals surface area contributed by atoms with Crippen LogP contribution in [0.4, 0.5) is 5.69 Å². The highest BCUT2D eigenvalue weighted by atomic mass is 35.5. The summed E-state index contributed by atoms with van der Waals surface area (Å²) in [4.78, 5) is 37.6. The molecule has 4 rings (SSSR count). The minimum absolute atomic E-state index is 0.266. The maximum absolute atomic E-state index is 12.6. The zero-order valence-electron chi connectivity index (χ0n) is 20.9. The second kappa shape index (κ2) is 13.0. The molecule has 0 unspecified atom stereocenters. The molecule has 0 radical (unpaired) electrons. The number of benzene rings is 4. The van der Waals surface area contributed by atoms with Crippen LogP contribution in [0.15, 0.2) is 102 Å². The van der Waals surface area contributed by atoms with Crippen LogP contribution in [0, 0.1) is 0 Å². The first-order valence-corrected chi connectivity index (χ1v) is 12.4. The maximum Gasteiger partial charge on any atom is 0.343 e. The van der Waals surface area contributed by atoms with Crippen molar-refractivity contribution in [3.8, 4) is 11.5 Å². The quantitative estimate of drug-likeness (QED) is 0.117. The maximum atomic E-state index is 12.6. The van der Waals surface area contributed by atoms with Crippen LogP contribution >= 0.6 is 11.6 Å². The number of nitrogens with zero attached hydrogens (tertiary/aromatic N) is 1. The number of ether oxygens (including phenoxy) is 2. The van der Waals surface area contributed by atoms with E-state index < -0.39 is 11.9 Å². The lowest BCUT2D eigenvalue weighted by Crippen LogP contribution is -2.18. The van der Waals surface area contributed by atoms with Crippen LogP contribution < -0.4 is 20.2 Å². The average molecular weight is 542 g/mol. The van der Waals surface area contributed by atoms with Crippen LogP contribution in [-0.4, -0.2) is 30.6 Å². The number of amides is 2. The first-order chi connectivity index (χ1) is 18.9. The van der Waals surface area contributed by atoms with Crippen molar-refractivity contribution in [2.45, 2.75) is 6.92 Å². The molecule has 4 aromatic carbocycles. The summed E-state index contributed by atoms with van der Waals surface area (Å²) in [5.41, 5.74) is 4.53. The van der Waals surface area contributed by atoms with Gasteiger partial charge in [0, 0.05) is 11.3 Å². The van der Waals surface area contributed by atoms with Crippen molar-refractivity contribution >= 4 is 41.3 Å². The molecule has 8 nitrogen and oxygen atoms in total. The van der Waals surface area contributed by atoms with Crippen LogP contribution in [0.1, 0.15) is 43.6 Å². The van der Waals surface area contributed by atoms with Crippen LogP contribution in [0.5, 0.6) is 11.5 Å². The Kier molecular flexibility index (Phi) is 9.05. The van der Waals surface area contributed by atoms with E-state index in [4.69, 9.17) is 21.1 Å². The molecular weight excluding hydrogens is 518 g/mol. The molecule has 0 atom stereocenters. The van der Waals surface area contributed by atoms with Crippen molar-refractivity contribution in [3.05, 3.63) is 124 Å². The molecule has 2 N–H and O–H groups in total. The number of halogens is 1. The summed E-state index contributed by atoms with van der Waals surface area (Å²) in [6.45, 7) is 2.17. The number of hydrogen-bond donors (Lipinski definition) is 2. The van der Waals surface area contributed by atoms with Gasteiger partial charge in [0.1, 0.15) is 0 Å². The number of nitrogens with one attached hydrogen (secondary N) is 2. The third-order valence-corrected chi connectivity index (χ3v) is 5.69. The third-order valence-electron chi connectivity index (χ3n) is 5.36. The van der Waals surface area contributed by atoms with E-state index in [0.717, 1.165) is 0 Å². The lowest BCUT2D eigenvalue weighted by molar-refractivity contribution is 0.0728. The second-order valence-corrected chi connectivity index (χ2v) is 8.52. The van der Waals surface area contributed by atoms with Crippen LogP contribution in [-0.2, 0) is 0 Å². The monoisotopic (exact) mass is 541 g/mol. The van der Waals surface area contributed by atoms with Crippen molar-refractivity contribution in [1.29, 1.82) is 0 Å². The fourth-order valence-electron chi connectivity index (χ4n) is 3.50. The molecule has 0 saturated heterocycles. The van der Waals surface area contributed by atoms with E-state index in [1.807, 2.05) is 13.0 Å². The van der Waals surface area contributed by atoms with Gasteiger partial charge in [0.2, 0.25) is 0 Å². The fraction of sp³-hybridized carbons (Fsp3) is 0.0667. The van der Waals surface area contributed by atoms with E-state index in [1.54, 1.807) is 84.9 Å². The highest BCUT2D eigenvalue weighted by Gasteiger charge is 2.14. The number of rotatable bonds is 9. The molecule has 9 heteroatoms. The SMILES string of the molecule is CCOc1cc(C=NNC(=O)c2cccc(NC(=O)c3ccccc3Cl)c2)ccc1OC(=O)c1ccccc1. The average Bonchev–Trinajstić information content (AvgIpc) is 2.95.